The lowest BCUT2D eigenvalue weighted by molar-refractivity contribution is -0.118. The van der Waals surface area contributed by atoms with E-state index in [-0.39, 0.29) is 12.4 Å². The van der Waals surface area contributed by atoms with E-state index in [0.29, 0.717) is 35.0 Å². The Labute approximate surface area is 256 Å². The van der Waals surface area contributed by atoms with Gasteiger partial charge in [-0.3, -0.25) is 14.9 Å². The molecule has 1 aromatic heterocycles. The van der Waals surface area contributed by atoms with Gasteiger partial charge in [-0.05, 0) is 72.6 Å². The summed E-state index contributed by atoms with van der Waals surface area (Å²) in [5.74, 6) is 0.403. The van der Waals surface area contributed by atoms with Gasteiger partial charge in [0.1, 0.15) is 29.6 Å². The molecule has 4 aromatic rings. The number of carbonyl (C=O) groups is 3. The molecule has 230 valence electrons. The minimum Gasteiger partial charge on any atom is -0.497 e. The van der Waals surface area contributed by atoms with Crippen molar-refractivity contribution in [1.29, 1.82) is 0 Å². The summed E-state index contributed by atoms with van der Waals surface area (Å²) in [7, 11) is 1.54. The summed E-state index contributed by atoms with van der Waals surface area (Å²) in [4.78, 5) is 42.6. The monoisotopic (exact) mass is 599 g/mol. The highest BCUT2D eigenvalue weighted by molar-refractivity contribution is 6.00. The zero-order valence-corrected chi connectivity index (χ0v) is 24.9. The maximum Gasteiger partial charge on any atom is 0.343 e. The highest BCUT2D eigenvalue weighted by Crippen LogP contribution is 2.19. The van der Waals surface area contributed by atoms with Gasteiger partial charge in [-0.1, -0.05) is 44.7 Å². The van der Waals surface area contributed by atoms with E-state index in [1.165, 1.54) is 32.7 Å². The van der Waals surface area contributed by atoms with Crippen molar-refractivity contribution in [3.63, 3.8) is 0 Å². The fourth-order valence-electron chi connectivity index (χ4n) is 4.34. The normalized spacial score (nSPS) is 11.3. The van der Waals surface area contributed by atoms with Gasteiger partial charge in [0, 0.05) is 12.0 Å². The molecule has 3 N–H and O–H groups in total. The SMILES string of the molecule is CCCCCCCOc1ccc(C(=O)Oc2ccc(C[C@H](NC(=O)c3ccc(OC)cc3)C(=O)Nc3ncn[nH]3)cc2)cc1. The molecule has 3 aromatic carbocycles. The van der Waals surface area contributed by atoms with Gasteiger partial charge in [-0.15, -0.1) is 0 Å². The molecule has 44 heavy (non-hydrogen) atoms. The lowest BCUT2D eigenvalue weighted by Gasteiger charge is -2.18. The molecular weight excluding hydrogens is 562 g/mol. The molecule has 4 rings (SSSR count). The summed E-state index contributed by atoms with van der Waals surface area (Å²) >= 11 is 0. The number of hydrogen-bond donors (Lipinski definition) is 3. The molecule has 0 saturated heterocycles. The van der Waals surface area contributed by atoms with E-state index >= 15 is 0 Å². The average Bonchev–Trinajstić information content (AvgIpc) is 3.56. The van der Waals surface area contributed by atoms with Crippen molar-refractivity contribution in [3.8, 4) is 17.2 Å². The van der Waals surface area contributed by atoms with Crippen LogP contribution < -0.4 is 24.8 Å². The van der Waals surface area contributed by atoms with Crippen molar-refractivity contribution < 1.29 is 28.6 Å². The summed E-state index contributed by atoms with van der Waals surface area (Å²) in [5.41, 5.74) is 1.50. The number of ether oxygens (including phenoxy) is 3. The number of amides is 2. The molecule has 0 aliphatic rings. The third-order valence-corrected chi connectivity index (χ3v) is 6.81. The number of esters is 1. The van der Waals surface area contributed by atoms with Crippen molar-refractivity contribution in [2.45, 2.75) is 51.5 Å². The maximum absolute atomic E-state index is 13.1. The molecular formula is C33H37N5O6. The number of nitrogens with zero attached hydrogens (tertiary/aromatic N) is 2. The number of unbranched alkanes of at least 4 members (excludes halogenated alkanes) is 4. The van der Waals surface area contributed by atoms with Crippen LogP contribution in [-0.4, -0.2) is 52.7 Å². The molecule has 0 aliphatic carbocycles. The first-order chi connectivity index (χ1) is 21.4. The summed E-state index contributed by atoms with van der Waals surface area (Å²) in [6, 6.07) is 19.2. The van der Waals surface area contributed by atoms with Gasteiger partial charge in [-0.2, -0.15) is 10.1 Å². The summed E-state index contributed by atoms with van der Waals surface area (Å²) in [6.45, 7) is 2.83. The van der Waals surface area contributed by atoms with Gasteiger partial charge < -0.3 is 19.5 Å². The summed E-state index contributed by atoms with van der Waals surface area (Å²) in [6.07, 6.45) is 7.24. The lowest BCUT2D eigenvalue weighted by Crippen LogP contribution is -2.45. The van der Waals surface area contributed by atoms with Gasteiger partial charge in [0.05, 0.1) is 19.3 Å². The molecule has 11 nitrogen and oxygen atoms in total. The quantitative estimate of drug-likeness (QED) is 0.0887. The van der Waals surface area contributed by atoms with Gasteiger partial charge in [-0.25, -0.2) is 9.89 Å². The molecule has 1 atom stereocenters. The molecule has 2 amide bonds. The van der Waals surface area contributed by atoms with Crippen LogP contribution in [0.15, 0.2) is 79.1 Å². The number of anilines is 1. The number of methoxy groups -OCH3 is 1. The van der Waals surface area contributed by atoms with Crippen molar-refractivity contribution in [3.05, 3.63) is 95.8 Å². The first kappa shape index (κ1) is 31.7. The number of nitrogens with one attached hydrogen (secondary N) is 3. The fraction of sp³-hybridized carbons (Fsp3) is 0.303. The predicted octanol–water partition coefficient (Wildman–Crippen LogP) is 5.36. The van der Waals surface area contributed by atoms with Crippen LogP contribution in [0.3, 0.4) is 0 Å². The second-order valence-corrected chi connectivity index (χ2v) is 10.1. The highest BCUT2D eigenvalue weighted by atomic mass is 16.5. The van der Waals surface area contributed by atoms with E-state index in [9.17, 15) is 14.4 Å². The standard InChI is InChI=1S/C33H37N5O6/c1-3-4-5-6-7-20-43-27-18-12-25(13-19-27)32(41)44-28-14-8-23(9-15-28)21-29(31(40)37-33-34-22-35-38-33)36-30(39)24-10-16-26(42-2)17-11-24/h8-19,22,29H,3-7,20-21H2,1-2H3,(H,36,39)(H2,34,35,37,38,40)/t29-/m0/s1. The van der Waals surface area contributed by atoms with Crippen molar-refractivity contribution in [1.82, 2.24) is 20.5 Å². The number of benzene rings is 3. The van der Waals surface area contributed by atoms with Crippen molar-refractivity contribution >= 4 is 23.7 Å². The van der Waals surface area contributed by atoms with Crippen molar-refractivity contribution in [2.24, 2.45) is 0 Å². The van der Waals surface area contributed by atoms with Crippen LogP contribution in [-0.2, 0) is 11.2 Å². The lowest BCUT2D eigenvalue weighted by atomic mass is 10.0. The molecule has 0 fully saturated rings. The Balaban J connectivity index is 1.34. The van der Waals surface area contributed by atoms with E-state index in [2.05, 4.69) is 32.7 Å². The van der Waals surface area contributed by atoms with Crippen LogP contribution in [0.2, 0.25) is 0 Å². The molecule has 0 saturated carbocycles. The number of aromatic amines is 1. The molecule has 0 bridgehead atoms. The Kier molecular flexibility index (Phi) is 11.9. The summed E-state index contributed by atoms with van der Waals surface area (Å²) in [5, 5.41) is 11.7. The minimum atomic E-state index is -0.944. The smallest absolute Gasteiger partial charge is 0.343 e. The third kappa shape index (κ3) is 9.69. The number of aromatic nitrogens is 3. The fourth-order valence-corrected chi connectivity index (χ4v) is 4.34. The van der Waals surface area contributed by atoms with E-state index in [4.69, 9.17) is 14.2 Å². The molecule has 0 radical (unpaired) electrons. The Morgan fingerprint density at radius 1 is 0.818 bits per heavy atom. The van der Waals surface area contributed by atoms with Crippen LogP contribution in [0, 0.1) is 0 Å². The van der Waals surface area contributed by atoms with Crippen LogP contribution >= 0.6 is 0 Å². The van der Waals surface area contributed by atoms with E-state index in [1.807, 2.05) is 0 Å². The Morgan fingerprint density at radius 3 is 2.14 bits per heavy atom. The molecule has 0 aliphatic heterocycles. The van der Waals surface area contributed by atoms with Crippen LogP contribution in [0.4, 0.5) is 5.95 Å². The average molecular weight is 600 g/mol. The number of hydrogen-bond acceptors (Lipinski definition) is 8. The second-order valence-electron chi connectivity index (χ2n) is 10.1. The zero-order chi connectivity index (χ0) is 31.1. The maximum atomic E-state index is 13.1. The molecule has 0 unspecified atom stereocenters. The Morgan fingerprint density at radius 2 is 1.48 bits per heavy atom. The van der Waals surface area contributed by atoms with Gasteiger partial charge in [0.2, 0.25) is 11.9 Å². The molecule has 11 heteroatoms. The first-order valence-electron chi connectivity index (χ1n) is 14.6. The van der Waals surface area contributed by atoms with Gasteiger partial charge in [0.15, 0.2) is 0 Å². The van der Waals surface area contributed by atoms with Crippen LogP contribution in [0.5, 0.6) is 17.2 Å². The van der Waals surface area contributed by atoms with Gasteiger partial charge >= 0.3 is 5.97 Å². The first-order valence-corrected chi connectivity index (χ1v) is 14.6. The Hall–Kier alpha value is -5.19. The number of carbonyl (C=O) groups excluding carboxylic acids is 3. The van der Waals surface area contributed by atoms with Crippen molar-refractivity contribution in [2.75, 3.05) is 19.0 Å². The highest BCUT2D eigenvalue weighted by Gasteiger charge is 2.23. The van der Waals surface area contributed by atoms with Crippen LogP contribution in [0.1, 0.15) is 65.3 Å². The predicted molar refractivity (Wildman–Crippen MR) is 165 cm³/mol. The zero-order valence-electron chi connectivity index (χ0n) is 24.9. The van der Waals surface area contributed by atoms with E-state index in [1.54, 1.807) is 72.8 Å². The molecule has 1 heterocycles. The number of H-pyrrole nitrogens is 1. The number of rotatable bonds is 16. The van der Waals surface area contributed by atoms with E-state index in [0.717, 1.165) is 18.4 Å². The van der Waals surface area contributed by atoms with Crippen LogP contribution in [0.25, 0.3) is 0 Å². The largest absolute Gasteiger partial charge is 0.497 e. The molecule has 0 spiro atoms. The third-order valence-electron chi connectivity index (χ3n) is 6.81. The van der Waals surface area contributed by atoms with E-state index < -0.39 is 23.8 Å². The second kappa shape index (κ2) is 16.4. The van der Waals surface area contributed by atoms with Gasteiger partial charge in [0.25, 0.3) is 5.91 Å². The Bertz CT molecular complexity index is 1470. The topological polar surface area (TPSA) is 145 Å². The summed E-state index contributed by atoms with van der Waals surface area (Å²) < 4.78 is 16.5. The minimum absolute atomic E-state index is 0.156.